The minimum absolute atomic E-state index is 0.301. The van der Waals surface area contributed by atoms with Gasteiger partial charge in [0.15, 0.2) is 11.5 Å². The van der Waals surface area contributed by atoms with E-state index in [4.69, 9.17) is 4.74 Å². The monoisotopic (exact) mass is 204 g/mol. The predicted molar refractivity (Wildman–Crippen MR) is 50.7 cm³/mol. The van der Waals surface area contributed by atoms with Gasteiger partial charge in [-0.2, -0.15) is 0 Å². The topological polar surface area (TPSA) is 43.4 Å². The predicted octanol–water partition coefficient (Wildman–Crippen LogP) is 2.04. The molecule has 82 valence electrons. The number of hydrogen-bond donors (Lipinski definition) is 0. The molecule has 0 unspecified atom stereocenters. The van der Waals surface area contributed by atoms with Gasteiger partial charge in [-0.25, -0.2) is 4.39 Å². The first-order valence-electron chi connectivity index (χ1n) is 4.75. The summed E-state index contributed by atoms with van der Waals surface area (Å²) in [6.45, 7) is 4.53. The number of Topliss-reactive ketones (excluding diaryl/α,β-unsaturated/α-hetero) is 1. The third kappa shape index (κ3) is 5.67. The molecule has 0 rings (SSSR count). The summed E-state index contributed by atoms with van der Waals surface area (Å²) in [5.74, 6) is -1.38. The van der Waals surface area contributed by atoms with Gasteiger partial charge < -0.3 is 4.74 Å². The Kier molecular flexibility index (Phi) is 5.35. The normalized spacial score (nSPS) is 11.1. The lowest BCUT2D eigenvalue weighted by atomic mass is 10.0. The largest absolute Gasteiger partial charge is 0.465 e. The van der Waals surface area contributed by atoms with E-state index in [1.54, 1.807) is 0 Å². The lowest BCUT2D eigenvalue weighted by molar-refractivity contribution is -0.148. The first kappa shape index (κ1) is 13.1. The second kappa shape index (κ2) is 5.73. The number of ketones is 1. The molecule has 0 aromatic heterocycles. The van der Waals surface area contributed by atoms with Crippen LogP contribution in [0.2, 0.25) is 0 Å². The molecule has 0 N–H and O–H groups in total. The lowest BCUT2D eigenvalue weighted by Crippen LogP contribution is -2.28. The fraction of sp³-hybridized carbons (Fsp3) is 0.800. The van der Waals surface area contributed by atoms with Crippen LogP contribution in [-0.2, 0) is 14.3 Å². The van der Waals surface area contributed by atoms with Crippen LogP contribution in [0.1, 0.15) is 40.0 Å². The van der Waals surface area contributed by atoms with Crippen molar-refractivity contribution in [3.05, 3.63) is 0 Å². The number of hydrogen-bond acceptors (Lipinski definition) is 3. The van der Waals surface area contributed by atoms with E-state index in [0.717, 1.165) is 26.7 Å². The van der Waals surface area contributed by atoms with Crippen molar-refractivity contribution >= 4 is 11.8 Å². The van der Waals surface area contributed by atoms with E-state index < -0.39 is 23.8 Å². The molecule has 0 aromatic rings. The standard InChI is InChI=1S/C10H17FO3/c1-4-5-6-14-9(13)7-8(12)10(2,3)11/h4-7H2,1-3H3. The second-order valence-corrected chi connectivity index (χ2v) is 3.65. The minimum atomic E-state index is -1.95. The molecule has 0 radical (unpaired) electrons. The molecule has 0 saturated carbocycles. The number of unbranched alkanes of at least 4 members (excludes halogenated alkanes) is 1. The maximum atomic E-state index is 13.0. The van der Waals surface area contributed by atoms with Gasteiger partial charge in [0, 0.05) is 0 Å². The highest BCUT2D eigenvalue weighted by atomic mass is 19.1. The Labute approximate surface area is 83.6 Å². The number of carbonyl (C=O) groups excluding carboxylic acids is 2. The average Bonchev–Trinajstić information content (AvgIpc) is 2.03. The summed E-state index contributed by atoms with van der Waals surface area (Å²) in [5.41, 5.74) is -1.95. The zero-order chi connectivity index (χ0) is 11.2. The van der Waals surface area contributed by atoms with E-state index in [0.29, 0.717) is 6.61 Å². The molecule has 0 bridgehead atoms. The molecule has 0 aliphatic heterocycles. The summed E-state index contributed by atoms with van der Waals surface area (Å²) in [6.07, 6.45) is 1.20. The van der Waals surface area contributed by atoms with Gasteiger partial charge in [-0.15, -0.1) is 0 Å². The second-order valence-electron chi connectivity index (χ2n) is 3.65. The van der Waals surface area contributed by atoms with Crippen molar-refractivity contribution in [2.45, 2.75) is 45.7 Å². The molecule has 0 aliphatic carbocycles. The van der Waals surface area contributed by atoms with Gasteiger partial charge in [-0.05, 0) is 20.3 Å². The van der Waals surface area contributed by atoms with Crippen LogP contribution in [0.25, 0.3) is 0 Å². The van der Waals surface area contributed by atoms with E-state index in [-0.39, 0.29) is 0 Å². The molecular formula is C10H17FO3. The lowest BCUT2D eigenvalue weighted by Gasteiger charge is -2.11. The number of rotatable bonds is 6. The first-order chi connectivity index (χ1) is 6.38. The van der Waals surface area contributed by atoms with Gasteiger partial charge in [0.1, 0.15) is 6.42 Å². The van der Waals surface area contributed by atoms with Crippen LogP contribution >= 0.6 is 0 Å². The molecule has 0 spiro atoms. The van der Waals surface area contributed by atoms with Crippen LogP contribution in [0.3, 0.4) is 0 Å². The van der Waals surface area contributed by atoms with Crippen LogP contribution in [0.5, 0.6) is 0 Å². The van der Waals surface area contributed by atoms with Gasteiger partial charge in [0.05, 0.1) is 6.61 Å². The maximum absolute atomic E-state index is 13.0. The molecule has 0 amide bonds. The molecule has 0 fully saturated rings. The van der Waals surface area contributed by atoms with Crippen molar-refractivity contribution in [2.24, 2.45) is 0 Å². The highest BCUT2D eigenvalue weighted by molar-refractivity contribution is 5.99. The van der Waals surface area contributed by atoms with Gasteiger partial charge in [-0.1, -0.05) is 13.3 Å². The quantitative estimate of drug-likeness (QED) is 0.378. The van der Waals surface area contributed by atoms with Crippen LogP contribution in [0, 0.1) is 0 Å². The zero-order valence-electron chi connectivity index (χ0n) is 8.93. The smallest absolute Gasteiger partial charge is 0.313 e. The molecule has 0 aliphatic rings. The molecular weight excluding hydrogens is 187 g/mol. The van der Waals surface area contributed by atoms with Gasteiger partial charge in [0.25, 0.3) is 0 Å². The van der Waals surface area contributed by atoms with Crippen molar-refractivity contribution in [1.29, 1.82) is 0 Å². The fourth-order valence-electron chi connectivity index (χ4n) is 0.723. The number of esters is 1. The molecule has 0 heterocycles. The SMILES string of the molecule is CCCCOC(=O)CC(=O)C(C)(C)F. The Bertz CT molecular complexity index is 206. The fourth-order valence-corrected chi connectivity index (χ4v) is 0.723. The van der Waals surface area contributed by atoms with Gasteiger partial charge in [0.2, 0.25) is 0 Å². The van der Waals surface area contributed by atoms with Crippen molar-refractivity contribution in [3.63, 3.8) is 0 Å². The highest BCUT2D eigenvalue weighted by Gasteiger charge is 2.28. The summed E-state index contributed by atoms with van der Waals surface area (Å²) in [6, 6.07) is 0. The number of ether oxygens (including phenoxy) is 1. The Morgan fingerprint density at radius 1 is 1.36 bits per heavy atom. The van der Waals surface area contributed by atoms with E-state index >= 15 is 0 Å². The molecule has 0 aromatic carbocycles. The van der Waals surface area contributed by atoms with E-state index in [9.17, 15) is 14.0 Å². The van der Waals surface area contributed by atoms with Crippen LogP contribution < -0.4 is 0 Å². The summed E-state index contributed by atoms with van der Waals surface area (Å²) in [7, 11) is 0. The Hall–Kier alpha value is -0.930. The van der Waals surface area contributed by atoms with Crippen LogP contribution in [0.4, 0.5) is 4.39 Å². The third-order valence-corrected chi connectivity index (χ3v) is 1.73. The Morgan fingerprint density at radius 2 is 1.93 bits per heavy atom. The van der Waals surface area contributed by atoms with Gasteiger partial charge in [-0.3, -0.25) is 9.59 Å². The first-order valence-corrected chi connectivity index (χ1v) is 4.75. The van der Waals surface area contributed by atoms with E-state index in [1.807, 2.05) is 6.92 Å². The maximum Gasteiger partial charge on any atom is 0.313 e. The highest BCUT2D eigenvalue weighted by Crippen LogP contribution is 2.12. The summed E-state index contributed by atoms with van der Waals surface area (Å²) >= 11 is 0. The van der Waals surface area contributed by atoms with E-state index in [1.165, 1.54) is 0 Å². The Balaban J connectivity index is 3.78. The molecule has 0 atom stereocenters. The summed E-state index contributed by atoms with van der Waals surface area (Å²) in [5, 5.41) is 0. The van der Waals surface area contributed by atoms with E-state index in [2.05, 4.69) is 0 Å². The number of alkyl halides is 1. The molecule has 0 saturated heterocycles. The zero-order valence-corrected chi connectivity index (χ0v) is 8.93. The van der Waals surface area contributed by atoms with Crippen LogP contribution in [-0.4, -0.2) is 24.0 Å². The minimum Gasteiger partial charge on any atom is -0.465 e. The van der Waals surface area contributed by atoms with Crippen molar-refractivity contribution in [1.82, 2.24) is 0 Å². The number of carbonyl (C=O) groups is 2. The molecule has 3 nitrogen and oxygen atoms in total. The molecule has 14 heavy (non-hydrogen) atoms. The Morgan fingerprint density at radius 3 is 2.36 bits per heavy atom. The van der Waals surface area contributed by atoms with Gasteiger partial charge >= 0.3 is 5.97 Å². The number of halogens is 1. The summed E-state index contributed by atoms with van der Waals surface area (Å²) in [4.78, 5) is 22.0. The average molecular weight is 204 g/mol. The van der Waals surface area contributed by atoms with Crippen molar-refractivity contribution in [3.8, 4) is 0 Å². The summed E-state index contributed by atoms with van der Waals surface area (Å²) < 4.78 is 17.7. The van der Waals surface area contributed by atoms with Crippen LogP contribution in [0.15, 0.2) is 0 Å². The van der Waals surface area contributed by atoms with Crippen molar-refractivity contribution in [2.75, 3.05) is 6.61 Å². The third-order valence-electron chi connectivity index (χ3n) is 1.73. The molecule has 4 heteroatoms. The van der Waals surface area contributed by atoms with Crippen molar-refractivity contribution < 1.29 is 18.7 Å².